The first-order chi connectivity index (χ1) is 8.99. The van der Waals surface area contributed by atoms with Crippen molar-refractivity contribution in [3.63, 3.8) is 0 Å². The second-order valence-electron chi connectivity index (χ2n) is 4.22. The molecule has 0 aliphatic rings. The Hall–Kier alpha value is -2.44. The lowest BCUT2D eigenvalue weighted by molar-refractivity contribution is 0.102. The zero-order chi connectivity index (χ0) is 14.0. The molecule has 0 aliphatic heterocycles. The molecular weight excluding hydrogens is 244 g/mol. The zero-order valence-corrected chi connectivity index (χ0v) is 11.4. The number of carbonyl (C=O) groups excluding carboxylic acids is 1. The van der Waals surface area contributed by atoms with Gasteiger partial charge in [0.15, 0.2) is 0 Å². The van der Waals surface area contributed by atoms with Gasteiger partial charge in [0.2, 0.25) is 5.95 Å². The summed E-state index contributed by atoms with van der Waals surface area (Å²) >= 11 is 0. The fraction of sp³-hybridized carbons (Fsp3) is 0.333. The number of aryl methyl sites for hydroxylation is 3. The molecule has 100 valence electrons. The van der Waals surface area contributed by atoms with Crippen LogP contribution in [0.2, 0.25) is 0 Å². The quantitative estimate of drug-likeness (QED) is 0.864. The highest BCUT2D eigenvalue weighted by Crippen LogP contribution is 2.11. The molecule has 0 bridgehead atoms. The number of nitrogens with one attached hydrogen (secondary N) is 2. The van der Waals surface area contributed by atoms with E-state index in [1.807, 2.05) is 13.8 Å². The van der Waals surface area contributed by atoms with E-state index in [1.165, 1.54) is 0 Å². The van der Waals surface area contributed by atoms with Crippen molar-refractivity contribution in [2.75, 3.05) is 17.7 Å². The summed E-state index contributed by atoms with van der Waals surface area (Å²) in [6.45, 7) is 3.68. The molecular formula is C12H16N6O. The summed E-state index contributed by atoms with van der Waals surface area (Å²) in [6.07, 6.45) is 0. The number of aromatic nitrogens is 4. The van der Waals surface area contributed by atoms with Crippen molar-refractivity contribution in [2.45, 2.75) is 13.8 Å². The van der Waals surface area contributed by atoms with E-state index >= 15 is 0 Å². The Morgan fingerprint density at radius 3 is 2.53 bits per heavy atom. The Bertz CT molecular complexity index is 619. The van der Waals surface area contributed by atoms with Crippen LogP contribution in [0.3, 0.4) is 0 Å². The van der Waals surface area contributed by atoms with Crippen LogP contribution in [-0.4, -0.2) is 32.7 Å². The highest BCUT2D eigenvalue weighted by molar-refractivity contribution is 6.02. The summed E-state index contributed by atoms with van der Waals surface area (Å²) in [7, 11) is 3.48. The number of carbonyl (C=O) groups is 1. The van der Waals surface area contributed by atoms with Gasteiger partial charge in [0.1, 0.15) is 11.5 Å². The van der Waals surface area contributed by atoms with Crippen molar-refractivity contribution in [2.24, 2.45) is 7.05 Å². The van der Waals surface area contributed by atoms with E-state index in [-0.39, 0.29) is 5.91 Å². The molecule has 0 fully saturated rings. The molecule has 0 aromatic carbocycles. The first-order valence-electron chi connectivity index (χ1n) is 5.85. The molecule has 0 atom stereocenters. The predicted octanol–water partition coefficient (Wildman–Crippen LogP) is 1.12. The molecule has 1 amide bonds. The zero-order valence-electron chi connectivity index (χ0n) is 11.4. The van der Waals surface area contributed by atoms with E-state index < -0.39 is 0 Å². The Morgan fingerprint density at radius 2 is 1.95 bits per heavy atom. The Balaban J connectivity index is 2.25. The maximum Gasteiger partial charge on any atom is 0.275 e. The van der Waals surface area contributed by atoms with Gasteiger partial charge < -0.3 is 10.6 Å². The number of amides is 1. The third-order valence-electron chi connectivity index (χ3n) is 2.55. The van der Waals surface area contributed by atoms with Crippen LogP contribution in [-0.2, 0) is 7.05 Å². The molecule has 7 heteroatoms. The molecule has 2 aromatic heterocycles. The molecule has 2 heterocycles. The van der Waals surface area contributed by atoms with Crippen molar-refractivity contribution >= 4 is 17.7 Å². The lowest BCUT2D eigenvalue weighted by Gasteiger charge is -2.06. The van der Waals surface area contributed by atoms with Gasteiger partial charge in [-0.1, -0.05) is 0 Å². The van der Waals surface area contributed by atoms with Crippen molar-refractivity contribution in [1.82, 2.24) is 19.7 Å². The molecule has 2 aromatic rings. The lowest BCUT2D eigenvalue weighted by Crippen LogP contribution is -2.17. The smallest absolute Gasteiger partial charge is 0.275 e. The first kappa shape index (κ1) is 13.0. The van der Waals surface area contributed by atoms with E-state index in [4.69, 9.17) is 0 Å². The minimum absolute atomic E-state index is 0.287. The Kier molecular flexibility index (Phi) is 3.46. The summed E-state index contributed by atoms with van der Waals surface area (Å²) in [4.78, 5) is 20.4. The van der Waals surface area contributed by atoms with E-state index in [1.54, 1.807) is 30.9 Å². The number of rotatable bonds is 3. The minimum Gasteiger partial charge on any atom is -0.357 e. The van der Waals surface area contributed by atoms with E-state index in [0.29, 0.717) is 17.5 Å². The third-order valence-corrected chi connectivity index (χ3v) is 2.55. The third kappa shape index (κ3) is 2.87. The summed E-state index contributed by atoms with van der Waals surface area (Å²) in [5.74, 6) is 0.765. The summed E-state index contributed by atoms with van der Waals surface area (Å²) in [6, 6.07) is 3.43. The van der Waals surface area contributed by atoms with Crippen molar-refractivity contribution < 1.29 is 4.79 Å². The van der Waals surface area contributed by atoms with Crippen LogP contribution in [0.4, 0.5) is 11.8 Å². The van der Waals surface area contributed by atoms with Crippen LogP contribution in [0.15, 0.2) is 12.1 Å². The Morgan fingerprint density at radius 1 is 1.21 bits per heavy atom. The van der Waals surface area contributed by atoms with Crippen LogP contribution in [0.5, 0.6) is 0 Å². The number of nitrogens with zero attached hydrogens (tertiary/aromatic N) is 4. The van der Waals surface area contributed by atoms with Gasteiger partial charge in [0.25, 0.3) is 5.91 Å². The predicted molar refractivity (Wildman–Crippen MR) is 72.2 cm³/mol. The van der Waals surface area contributed by atoms with Crippen molar-refractivity contribution in [3.8, 4) is 0 Å². The van der Waals surface area contributed by atoms with Gasteiger partial charge in [-0.05, 0) is 19.9 Å². The minimum atomic E-state index is -0.287. The molecule has 0 radical (unpaired) electrons. The largest absolute Gasteiger partial charge is 0.357 e. The Labute approximate surface area is 111 Å². The van der Waals surface area contributed by atoms with Gasteiger partial charge in [-0.25, -0.2) is 9.97 Å². The fourth-order valence-corrected chi connectivity index (χ4v) is 1.70. The maximum atomic E-state index is 12.1. The van der Waals surface area contributed by atoms with Crippen LogP contribution in [0, 0.1) is 13.8 Å². The standard InChI is InChI=1S/C12H16N6O/c1-7-5-9(15-12(13-3)14-7)11(19)16-10-6-8(2)17-18(10)4/h5-6H,1-4H3,(H,16,19)(H,13,14,15). The van der Waals surface area contributed by atoms with E-state index in [0.717, 1.165) is 11.4 Å². The van der Waals surface area contributed by atoms with Gasteiger partial charge in [-0.2, -0.15) is 5.10 Å². The normalized spacial score (nSPS) is 10.3. The number of hydrogen-bond acceptors (Lipinski definition) is 5. The summed E-state index contributed by atoms with van der Waals surface area (Å²) in [5, 5.41) is 9.76. The first-order valence-corrected chi connectivity index (χ1v) is 5.85. The van der Waals surface area contributed by atoms with Crippen LogP contribution >= 0.6 is 0 Å². The molecule has 7 nitrogen and oxygen atoms in total. The summed E-state index contributed by atoms with van der Waals surface area (Å²) < 4.78 is 1.61. The molecule has 0 aliphatic carbocycles. The molecule has 2 rings (SSSR count). The van der Waals surface area contributed by atoms with Gasteiger partial charge in [0.05, 0.1) is 5.69 Å². The number of hydrogen-bond donors (Lipinski definition) is 2. The second kappa shape index (κ2) is 5.05. The van der Waals surface area contributed by atoms with Crippen molar-refractivity contribution in [1.29, 1.82) is 0 Å². The second-order valence-corrected chi connectivity index (χ2v) is 4.22. The van der Waals surface area contributed by atoms with Gasteiger partial charge in [0, 0.05) is 25.9 Å². The lowest BCUT2D eigenvalue weighted by atomic mass is 10.3. The summed E-state index contributed by atoms with van der Waals surface area (Å²) in [5.41, 5.74) is 1.88. The highest BCUT2D eigenvalue weighted by Gasteiger charge is 2.12. The average Bonchev–Trinajstić information content (AvgIpc) is 2.67. The maximum absolute atomic E-state index is 12.1. The monoisotopic (exact) mass is 260 g/mol. The SMILES string of the molecule is CNc1nc(C)cc(C(=O)Nc2cc(C)nn2C)n1. The average molecular weight is 260 g/mol. The van der Waals surface area contributed by atoms with Gasteiger partial charge in [-0.3, -0.25) is 9.48 Å². The van der Waals surface area contributed by atoms with E-state index in [2.05, 4.69) is 25.7 Å². The van der Waals surface area contributed by atoms with Crippen LogP contribution in [0.1, 0.15) is 21.9 Å². The van der Waals surface area contributed by atoms with Crippen LogP contribution < -0.4 is 10.6 Å². The van der Waals surface area contributed by atoms with Gasteiger partial charge in [-0.15, -0.1) is 0 Å². The number of anilines is 2. The molecule has 2 N–H and O–H groups in total. The molecule has 0 spiro atoms. The molecule has 0 saturated carbocycles. The van der Waals surface area contributed by atoms with Gasteiger partial charge >= 0.3 is 0 Å². The van der Waals surface area contributed by atoms with Crippen LogP contribution in [0.25, 0.3) is 0 Å². The topological polar surface area (TPSA) is 84.7 Å². The molecule has 0 unspecified atom stereocenters. The highest BCUT2D eigenvalue weighted by atomic mass is 16.2. The van der Waals surface area contributed by atoms with E-state index in [9.17, 15) is 4.79 Å². The van der Waals surface area contributed by atoms with Crippen molar-refractivity contribution in [3.05, 3.63) is 29.2 Å². The molecule has 0 saturated heterocycles. The molecule has 19 heavy (non-hydrogen) atoms. The fourth-order valence-electron chi connectivity index (χ4n) is 1.70.